The van der Waals surface area contributed by atoms with Crippen LogP contribution in [0, 0.1) is 13.8 Å². The first-order chi connectivity index (χ1) is 11.0. The van der Waals surface area contributed by atoms with E-state index in [-0.39, 0.29) is 11.9 Å². The summed E-state index contributed by atoms with van der Waals surface area (Å²) in [5.41, 5.74) is 2.20. The number of hydrogen-bond donors (Lipinski definition) is 1. The van der Waals surface area contributed by atoms with Gasteiger partial charge in [0.1, 0.15) is 17.3 Å². The van der Waals surface area contributed by atoms with Crippen molar-refractivity contribution in [3.8, 4) is 5.75 Å². The van der Waals surface area contributed by atoms with E-state index in [2.05, 4.69) is 22.2 Å². The van der Waals surface area contributed by atoms with Crippen LogP contribution in [-0.4, -0.2) is 22.5 Å². The molecule has 0 radical (unpaired) electrons. The van der Waals surface area contributed by atoms with Gasteiger partial charge in [0.05, 0.1) is 12.6 Å². The third-order valence-electron chi connectivity index (χ3n) is 3.40. The molecule has 0 aliphatic heterocycles. The van der Waals surface area contributed by atoms with E-state index in [9.17, 15) is 4.79 Å². The number of nitrogens with one attached hydrogen (secondary N) is 1. The van der Waals surface area contributed by atoms with Gasteiger partial charge in [-0.25, -0.2) is 9.97 Å². The van der Waals surface area contributed by atoms with Gasteiger partial charge in [0.25, 0.3) is 5.91 Å². The summed E-state index contributed by atoms with van der Waals surface area (Å²) in [6.07, 6.45) is 0.978. The van der Waals surface area contributed by atoms with Gasteiger partial charge < -0.3 is 10.1 Å². The van der Waals surface area contributed by atoms with Crippen LogP contribution in [0.25, 0.3) is 0 Å². The zero-order valence-corrected chi connectivity index (χ0v) is 14.1. The zero-order chi connectivity index (χ0) is 16.8. The number of rotatable bonds is 6. The van der Waals surface area contributed by atoms with Crippen molar-refractivity contribution < 1.29 is 9.53 Å². The van der Waals surface area contributed by atoms with E-state index in [1.54, 1.807) is 13.0 Å². The summed E-state index contributed by atoms with van der Waals surface area (Å²) in [5, 5.41) is 2.96. The molecule has 1 unspecified atom stereocenters. The first kappa shape index (κ1) is 16.9. The minimum atomic E-state index is -0.197. The van der Waals surface area contributed by atoms with E-state index in [1.165, 1.54) is 0 Å². The SMILES string of the molecule is CCCOc1ccc(C(C)NC(=O)c2cc(C)nc(C)n2)cc1. The molecule has 1 amide bonds. The predicted molar refractivity (Wildman–Crippen MR) is 89.6 cm³/mol. The van der Waals surface area contributed by atoms with Crippen molar-refractivity contribution in [1.82, 2.24) is 15.3 Å². The van der Waals surface area contributed by atoms with Crippen LogP contribution < -0.4 is 10.1 Å². The number of aromatic nitrogens is 2. The maximum atomic E-state index is 12.3. The van der Waals surface area contributed by atoms with Crippen LogP contribution in [0.1, 0.15) is 53.9 Å². The number of aryl methyl sites for hydroxylation is 2. The molecule has 1 aromatic carbocycles. The fourth-order valence-electron chi connectivity index (χ4n) is 2.26. The van der Waals surface area contributed by atoms with E-state index >= 15 is 0 Å². The van der Waals surface area contributed by atoms with Crippen LogP contribution in [0.2, 0.25) is 0 Å². The molecule has 5 heteroatoms. The van der Waals surface area contributed by atoms with Gasteiger partial charge in [-0.05, 0) is 51.0 Å². The van der Waals surface area contributed by atoms with Crippen LogP contribution in [0.15, 0.2) is 30.3 Å². The molecule has 0 bridgehead atoms. The number of ether oxygens (including phenoxy) is 1. The summed E-state index contributed by atoms with van der Waals surface area (Å²) >= 11 is 0. The van der Waals surface area contributed by atoms with Crippen LogP contribution >= 0.6 is 0 Å². The van der Waals surface area contributed by atoms with Crippen molar-refractivity contribution in [2.24, 2.45) is 0 Å². The molecular formula is C18H23N3O2. The quantitative estimate of drug-likeness (QED) is 0.888. The maximum absolute atomic E-state index is 12.3. The second-order valence-electron chi connectivity index (χ2n) is 5.55. The van der Waals surface area contributed by atoms with Crippen molar-refractivity contribution in [1.29, 1.82) is 0 Å². The summed E-state index contributed by atoms with van der Waals surface area (Å²) < 4.78 is 5.56. The standard InChI is InChI=1S/C18H23N3O2/c1-5-10-23-16-8-6-15(7-9-16)13(3)20-18(22)17-11-12(2)19-14(4)21-17/h6-9,11,13H,5,10H2,1-4H3,(H,20,22). The summed E-state index contributed by atoms with van der Waals surface area (Å²) in [5.74, 6) is 1.24. The zero-order valence-electron chi connectivity index (χ0n) is 14.1. The van der Waals surface area contributed by atoms with Crippen LogP contribution in [0.3, 0.4) is 0 Å². The maximum Gasteiger partial charge on any atom is 0.270 e. The van der Waals surface area contributed by atoms with Gasteiger partial charge in [0.15, 0.2) is 0 Å². The molecule has 1 atom stereocenters. The summed E-state index contributed by atoms with van der Waals surface area (Å²) in [7, 11) is 0. The highest BCUT2D eigenvalue weighted by Gasteiger charge is 2.13. The molecule has 23 heavy (non-hydrogen) atoms. The van der Waals surface area contributed by atoms with Gasteiger partial charge >= 0.3 is 0 Å². The van der Waals surface area contributed by atoms with Crippen molar-refractivity contribution in [3.05, 3.63) is 53.1 Å². The molecule has 2 aromatic rings. The predicted octanol–water partition coefficient (Wildman–Crippen LogP) is 3.37. The summed E-state index contributed by atoms with van der Waals surface area (Å²) in [6.45, 7) is 8.35. The van der Waals surface area contributed by atoms with Gasteiger partial charge in [-0.3, -0.25) is 4.79 Å². The lowest BCUT2D eigenvalue weighted by Crippen LogP contribution is -2.27. The van der Waals surface area contributed by atoms with Gasteiger partial charge in [0, 0.05) is 5.69 Å². The van der Waals surface area contributed by atoms with Gasteiger partial charge in [-0.2, -0.15) is 0 Å². The molecule has 1 aromatic heterocycles. The number of hydrogen-bond acceptors (Lipinski definition) is 4. The van der Waals surface area contributed by atoms with E-state index in [1.807, 2.05) is 38.1 Å². The number of benzene rings is 1. The van der Waals surface area contributed by atoms with Crippen molar-refractivity contribution in [3.63, 3.8) is 0 Å². The van der Waals surface area contributed by atoms with E-state index in [0.717, 1.165) is 23.4 Å². The molecule has 2 rings (SSSR count). The molecule has 0 aliphatic carbocycles. The molecule has 122 valence electrons. The lowest BCUT2D eigenvalue weighted by molar-refractivity contribution is 0.0934. The normalized spacial score (nSPS) is 11.8. The van der Waals surface area contributed by atoms with Crippen LogP contribution in [0.5, 0.6) is 5.75 Å². The Hall–Kier alpha value is -2.43. The van der Waals surface area contributed by atoms with Crippen LogP contribution in [0.4, 0.5) is 0 Å². The molecule has 1 heterocycles. The second-order valence-corrected chi connectivity index (χ2v) is 5.55. The third-order valence-corrected chi connectivity index (χ3v) is 3.40. The Balaban J connectivity index is 2.03. The third kappa shape index (κ3) is 4.77. The monoisotopic (exact) mass is 313 g/mol. The second kappa shape index (κ2) is 7.72. The Morgan fingerprint density at radius 1 is 1.22 bits per heavy atom. The highest BCUT2D eigenvalue weighted by Crippen LogP contribution is 2.18. The number of carbonyl (C=O) groups excluding carboxylic acids is 1. The minimum Gasteiger partial charge on any atom is -0.494 e. The number of amides is 1. The molecule has 0 spiro atoms. The Labute approximate surface area is 137 Å². The van der Waals surface area contributed by atoms with Crippen molar-refractivity contribution >= 4 is 5.91 Å². The number of nitrogens with zero attached hydrogens (tertiary/aromatic N) is 2. The minimum absolute atomic E-state index is 0.113. The largest absolute Gasteiger partial charge is 0.494 e. The first-order valence-electron chi connectivity index (χ1n) is 7.85. The summed E-state index contributed by atoms with van der Waals surface area (Å²) in [4.78, 5) is 20.7. The average Bonchev–Trinajstić information content (AvgIpc) is 2.52. The van der Waals surface area contributed by atoms with Crippen molar-refractivity contribution in [2.45, 2.75) is 40.2 Å². The molecule has 0 aliphatic rings. The fraction of sp³-hybridized carbons (Fsp3) is 0.389. The lowest BCUT2D eigenvalue weighted by atomic mass is 10.1. The Morgan fingerprint density at radius 2 is 1.91 bits per heavy atom. The molecule has 0 saturated carbocycles. The Bertz CT molecular complexity index is 648. The molecule has 0 saturated heterocycles. The van der Waals surface area contributed by atoms with E-state index in [4.69, 9.17) is 4.74 Å². The van der Waals surface area contributed by atoms with Crippen LogP contribution in [-0.2, 0) is 0 Å². The lowest BCUT2D eigenvalue weighted by Gasteiger charge is -2.15. The topological polar surface area (TPSA) is 64.1 Å². The smallest absolute Gasteiger partial charge is 0.270 e. The van der Waals surface area contributed by atoms with Gasteiger partial charge in [-0.15, -0.1) is 0 Å². The Morgan fingerprint density at radius 3 is 2.52 bits per heavy atom. The van der Waals surface area contributed by atoms with E-state index < -0.39 is 0 Å². The van der Waals surface area contributed by atoms with Gasteiger partial charge in [-0.1, -0.05) is 19.1 Å². The van der Waals surface area contributed by atoms with Crippen molar-refractivity contribution in [2.75, 3.05) is 6.61 Å². The molecule has 5 nitrogen and oxygen atoms in total. The average molecular weight is 313 g/mol. The Kier molecular flexibility index (Phi) is 5.68. The number of carbonyl (C=O) groups is 1. The van der Waals surface area contributed by atoms with E-state index in [0.29, 0.717) is 18.1 Å². The first-order valence-corrected chi connectivity index (χ1v) is 7.85. The molecular weight excluding hydrogens is 290 g/mol. The highest BCUT2D eigenvalue weighted by atomic mass is 16.5. The molecule has 0 fully saturated rings. The summed E-state index contributed by atoms with van der Waals surface area (Å²) in [6, 6.07) is 9.35. The molecule has 1 N–H and O–H groups in total. The highest BCUT2D eigenvalue weighted by molar-refractivity contribution is 5.92. The van der Waals surface area contributed by atoms with Gasteiger partial charge in [0.2, 0.25) is 0 Å². The fourth-order valence-corrected chi connectivity index (χ4v) is 2.26.